The fraction of sp³-hybridized carbons (Fsp3) is 0.0938. The first-order valence-electron chi connectivity index (χ1n) is 12.9. The molecule has 0 spiro atoms. The van der Waals surface area contributed by atoms with Crippen LogP contribution in [0.15, 0.2) is 127 Å². The summed E-state index contributed by atoms with van der Waals surface area (Å²) in [5.41, 5.74) is 0.795. The third kappa shape index (κ3) is 12.2. The van der Waals surface area contributed by atoms with Crippen LogP contribution in [0.4, 0.5) is 24.5 Å². The number of aliphatic imine (C=N–C) groups is 1. The van der Waals surface area contributed by atoms with E-state index in [1.54, 1.807) is 30.6 Å². The SMILES string of the molecule is Cc1ccc(N=C(Nc2ccc(C)cc2)c2ccccc2[O-])cc1.O=S(=O)([O-])C(F)(F)F.[Pd+2].c1ccc(-c2ccccn2)nc1. The first kappa shape index (κ1) is 36.8. The number of aromatic nitrogens is 2. The number of halogens is 3. The third-order valence-corrected chi connectivity index (χ3v) is 6.17. The summed E-state index contributed by atoms with van der Waals surface area (Å²) >= 11 is 0. The van der Waals surface area contributed by atoms with Gasteiger partial charge in [-0.1, -0.05) is 77.5 Å². The molecule has 2 heterocycles. The van der Waals surface area contributed by atoms with E-state index in [4.69, 9.17) is 13.0 Å². The van der Waals surface area contributed by atoms with Crippen LogP contribution in [0.5, 0.6) is 5.75 Å². The van der Waals surface area contributed by atoms with E-state index in [1.165, 1.54) is 11.1 Å². The molecule has 2 aromatic heterocycles. The molecule has 0 bridgehead atoms. The number of pyridine rings is 2. The zero-order valence-corrected chi connectivity index (χ0v) is 26.3. The molecule has 0 saturated heterocycles. The second-order valence-electron chi connectivity index (χ2n) is 9.11. The first-order chi connectivity index (χ1) is 20.8. The Morgan fingerprint density at radius 2 is 1.18 bits per heavy atom. The average Bonchev–Trinajstić information content (AvgIpc) is 3.00. The fourth-order valence-corrected chi connectivity index (χ4v) is 3.37. The molecule has 5 aromatic rings. The molecule has 0 saturated carbocycles. The van der Waals surface area contributed by atoms with Gasteiger partial charge in [-0.3, -0.25) is 9.97 Å². The van der Waals surface area contributed by atoms with Crippen molar-refractivity contribution in [2.45, 2.75) is 19.4 Å². The van der Waals surface area contributed by atoms with E-state index in [2.05, 4.69) is 20.3 Å². The van der Waals surface area contributed by atoms with Gasteiger partial charge in [0, 0.05) is 23.6 Å². The fourth-order valence-electron chi connectivity index (χ4n) is 3.37. The Hall–Kier alpha value is -4.41. The number of amidine groups is 1. The van der Waals surface area contributed by atoms with Crippen LogP contribution in [0.3, 0.4) is 0 Å². The zero-order chi connectivity index (χ0) is 32.2. The third-order valence-electron chi connectivity index (χ3n) is 5.61. The number of nitrogens with zero attached hydrogens (tertiary/aromatic N) is 3. The van der Waals surface area contributed by atoms with Gasteiger partial charge in [0.05, 0.1) is 17.1 Å². The molecule has 1 N–H and O–H groups in total. The molecule has 3 aromatic carbocycles. The first-order valence-corrected chi connectivity index (χ1v) is 14.3. The topological polar surface area (TPSA) is 130 Å². The van der Waals surface area contributed by atoms with Gasteiger partial charge in [0.25, 0.3) is 0 Å². The van der Waals surface area contributed by atoms with E-state index in [1.807, 2.05) is 105 Å². The van der Waals surface area contributed by atoms with Gasteiger partial charge < -0.3 is 15.0 Å². The van der Waals surface area contributed by atoms with Crippen LogP contribution in [0.1, 0.15) is 16.7 Å². The van der Waals surface area contributed by atoms with Crippen molar-refractivity contribution < 1.29 is 51.7 Å². The minimum atomic E-state index is -6.09. The van der Waals surface area contributed by atoms with Crippen LogP contribution < -0.4 is 10.4 Å². The largest absolute Gasteiger partial charge is 2.00 e. The summed E-state index contributed by atoms with van der Waals surface area (Å²) in [6.45, 7) is 4.07. The second kappa shape index (κ2) is 17.2. The molecule has 5 rings (SSSR count). The van der Waals surface area contributed by atoms with E-state index in [-0.39, 0.29) is 26.2 Å². The zero-order valence-electron chi connectivity index (χ0n) is 23.9. The van der Waals surface area contributed by atoms with Crippen molar-refractivity contribution in [3.63, 3.8) is 0 Å². The smallest absolute Gasteiger partial charge is 0.872 e. The molecule has 8 nitrogen and oxygen atoms in total. The van der Waals surface area contributed by atoms with E-state index in [9.17, 15) is 18.3 Å². The molecule has 0 aliphatic carbocycles. The van der Waals surface area contributed by atoms with Crippen LogP contribution in [0.25, 0.3) is 11.4 Å². The maximum Gasteiger partial charge on any atom is 2.00 e. The Morgan fingerprint density at radius 1 is 0.733 bits per heavy atom. The number of hydrogen-bond acceptors (Lipinski definition) is 7. The van der Waals surface area contributed by atoms with Gasteiger partial charge in [0.1, 0.15) is 5.84 Å². The van der Waals surface area contributed by atoms with Crippen molar-refractivity contribution in [1.82, 2.24) is 9.97 Å². The molecular weight excluding hydrogens is 700 g/mol. The summed E-state index contributed by atoms with van der Waals surface area (Å²) in [7, 11) is -6.09. The molecule has 45 heavy (non-hydrogen) atoms. The maximum absolute atomic E-state index is 12.2. The summed E-state index contributed by atoms with van der Waals surface area (Å²) in [4.78, 5) is 13.0. The summed E-state index contributed by atoms with van der Waals surface area (Å²) in [5, 5.41) is 15.5. The standard InChI is InChI=1S/C21H20N2O.C10H8N2.CHF3O3S.Pd/c1-15-7-11-17(12-8-15)22-21(19-5-3-4-6-20(19)24)23-18-13-9-16(2)10-14-18;1-3-7-11-9(5-1)10-6-2-4-8-12-10;2-1(3,4)8(5,6)7;/h3-14,24H,1-2H3,(H,22,23);1-8H;(H,5,6,7);/q;;;+2/p-2. The molecule has 0 fully saturated rings. The summed E-state index contributed by atoms with van der Waals surface area (Å²) < 4.78 is 58.9. The summed E-state index contributed by atoms with van der Waals surface area (Å²) in [6, 6.07) is 34.4. The minimum absolute atomic E-state index is 0. The Bertz CT molecular complexity index is 1720. The van der Waals surface area contributed by atoms with Gasteiger partial charge in [0.15, 0.2) is 10.1 Å². The Balaban J connectivity index is 0.000000279. The van der Waals surface area contributed by atoms with Gasteiger partial charge in [-0.25, -0.2) is 13.4 Å². The van der Waals surface area contributed by atoms with E-state index in [0.29, 0.717) is 11.4 Å². The van der Waals surface area contributed by atoms with Gasteiger partial charge >= 0.3 is 25.9 Å². The molecule has 0 unspecified atom stereocenters. The van der Waals surface area contributed by atoms with Crippen molar-refractivity contribution in [2.24, 2.45) is 4.99 Å². The predicted octanol–water partition coefficient (Wildman–Crippen LogP) is 6.76. The van der Waals surface area contributed by atoms with Crippen LogP contribution >= 0.6 is 0 Å². The maximum atomic E-state index is 12.2. The van der Waals surface area contributed by atoms with Gasteiger partial charge in [0.2, 0.25) is 0 Å². The van der Waals surface area contributed by atoms with Gasteiger partial charge in [-0.15, -0.1) is 0 Å². The Morgan fingerprint density at radius 3 is 1.60 bits per heavy atom. The normalized spacial score (nSPS) is 11.1. The van der Waals surface area contributed by atoms with E-state index >= 15 is 0 Å². The minimum Gasteiger partial charge on any atom is -0.872 e. The number of para-hydroxylation sites is 1. The number of hydrogen-bond donors (Lipinski definition) is 1. The Labute approximate surface area is 273 Å². The van der Waals surface area contributed by atoms with Crippen LogP contribution in [0, 0.1) is 13.8 Å². The number of aryl methyl sites for hydroxylation is 2. The number of alkyl halides is 3. The van der Waals surface area contributed by atoms with Crippen LogP contribution in [-0.2, 0) is 30.5 Å². The molecule has 0 atom stereocenters. The van der Waals surface area contributed by atoms with Gasteiger partial charge in [-0.2, -0.15) is 13.2 Å². The molecule has 0 radical (unpaired) electrons. The number of rotatable bonds is 4. The average molecular weight is 727 g/mol. The summed E-state index contributed by atoms with van der Waals surface area (Å²) in [6.07, 6.45) is 3.54. The van der Waals surface area contributed by atoms with Crippen molar-refractivity contribution in [3.05, 3.63) is 138 Å². The number of nitrogens with one attached hydrogen (secondary N) is 1. The Kier molecular flexibility index (Phi) is 14.0. The number of benzene rings is 3. The van der Waals surface area contributed by atoms with Crippen molar-refractivity contribution in [3.8, 4) is 17.1 Å². The number of anilines is 1. The second-order valence-corrected chi connectivity index (χ2v) is 10.5. The molecule has 13 heteroatoms. The molecule has 0 amide bonds. The summed E-state index contributed by atoms with van der Waals surface area (Å²) in [5.74, 6) is 0.497. The van der Waals surface area contributed by atoms with Crippen molar-refractivity contribution in [1.29, 1.82) is 0 Å². The quantitative estimate of drug-likeness (QED) is 0.0712. The van der Waals surface area contributed by atoms with Crippen molar-refractivity contribution >= 4 is 27.3 Å². The predicted molar refractivity (Wildman–Crippen MR) is 161 cm³/mol. The van der Waals surface area contributed by atoms with Gasteiger partial charge in [-0.05, 0) is 62.4 Å². The van der Waals surface area contributed by atoms with E-state index < -0.39 is 15.6 Å². The van der Waals surface area contributed by atoms with Crippen LogP contribution in [0.2, 0.25) is 0 Å². The molecular formula is C32H27F3N4O4PdS. The monoisotopic (exact) mass is 726 g/mol. The molecule has 0 aliphatic rings. The molecule has 0 aliphatic heterocycles. The van der Waals surface area contributed by atoms with Crippen LogP contribution in [-0.4, -0.2) is 34.3 Å². The van der Waals surface area contributed by atoms with E-state index in [0.717, 1.165) is 22.8 Å². The molecule has 236 valence electrons. The van der Waals surface area contributed by atoms with Crippen molar-refractivity contribution in [2.75, 3.05) is 5.32 Å².